The topological polar surface area (TPSA) is 84.5 Å². The molecule has 1 aliphatic heterocycles. The first-order chi connectivity index (χ1) is 13.0. The van der Waals surface area contributed by atoms with Crippen LogP contribution in [-0.2, 0) is 11.3 Å². The van der Waals surface area contributed by atoms with E-state index in [1.165, 1.54) is 23.0 Å². The van der Waals surface area contributed by atoms with Crippen LogP contribution in [0.15, 0.2) is 36.7 Å². The molecule has 1 saturated heterocycles. The van der Waals surface area contributed by atoms with Gasteiger partial charge in [0.2, 0.25) is 5.91 Å². The zero-order valence-electron chi connectivity index (χ0n) is 15.1. The highest BCUT2D eigenvalue weighted by Gasteiger charge is 2.29. The predicted octanol–water partition coefficient (Wildman–Crippen LogP) is 2.23. The van der Waals surface area contributed by atoms with Gasteiger partial charge in [0.15, 0.2) is 0 Å². The number of hydrogen-bond donors (Lipinski definition) is 0. The quantitative estimate of drug-likeness (QED) is 0.571. The molecule has 0 spiro atoms. The van der Waals surface area contributed by atoms with Crippen molar-refractivity contribution < 1.29 is 14.1 Å². The minimum Gasteiger partial charge on any atom is -0.338 e. The number of amides is 1. The van der Waals surface area contributed by atoms with Crippen molar-refractivity contribution in [1.29, 1.82) is 0 Å². The number of benzene rings is 1. The van der Waals surface area contributed by atoms with Crippen molar-refractivity contribution in [3.8, 4) is 0 Å². The molecule has 9 heteroatoms. The van der Waals surface area contributed by atoms with E-state index in [1.807, 2.05) is 13.0 Å². The molecule has 1 aliphatic rings. The summed E-state index contributed by atoms with van der Waals surface area (Å²) in [4.78, 5) is 27.1. The molecular formula is C18H22FN5O3. The van der Waals surface area contributed by atoms with Gasteiger partial charge in [-0.2, -0.15) is 5.10 Å². The Kier molecular flexibility index (Phi) is 5.80. The van der Waals surface area contributed by atoms with Crippen molar-refractivity contribution in [3.63, 3.8) is 0 Å². The number of carbonyl (C=O) groups is 1. The second-order valence-corrected chi connectivity index (χ2v) is 6.59. The third kappa shape index (κ3) is 4.48. The van der Waals surface area contributed by atoms with Crippen molar-refractivity contribution in [2.75, 3.05) is 26.2 Å². The van der Waals surface area contributed by atoms with Gasteiger partial charge >= 0.3 is 5.69 Å². The van der Waals surface area contributed by atoms with Crippen molar-refractivity contribution in [2.45, 2.75) is 25.9 Å². The van der Waals surface area contributed by atoms with Crippen LogP contribution in [0.4, 0.5) is 10.1 Å². The molecule has 1 amide bonds. The predicted molar refractivity (Wildman–Crippen MR) is 96.5 cm³/mol. The van der Waals surface area contributed by atoms with Crippen LogP contribution < -0.4 is 0 Å². The largest absolute Gasteiger partial charge is 0.338 e. The number of piperazine rings is 1. The van der Waals surface area contributed by atoms with Gasteiger partial charge < -0.3 is 4.90 Å². The van der Waals surface area contributed by atoms with E-state index < -0.39 is 11.0 Å². The minimum absolute atomic E-state index is 0.0825. The van der Waals surface area contributed by atoms with E-state index in [-0.39, 0.29) is 17.4 Å². The summed E-state index contributed by atoms with van der Waals surface area (Å²) in [5.74, 6) is -0.332. The molecule has 0 aliphatic carbocycles. The molecule has 0 N–H and O–H groups in total. The number of nitrogens with zero attached hydrogens (tertiary/aromatic N) is 5. The van der Waals surface area contributed by atoms with Crippen LogP contribution in [0.3, 0.4) is 0 Å². The van der Waals surface area contributed by atoms with E-state index in [1.54, 1.807) is 11.0 Å². The number of aromatic nitrogens is 2. The first kappa shape index (κ1) is 19.0. The Hall–Kier alpha value is -2.81. The maximum absolute atomic E-state index is 13.3. The molecule has 0 bridgehead atoms. The zero-order chi connectivity index (χ0) is 19.4. The van der Waals surface area contributed by atoms with E-state index >= 15 is 0 Å². The molecule has 27 heavy (non-hydrogen) atoms. The lowest BCUT2D eigenvalue weighted by atomic mass is 10.1. The first-order valence-electron chi connectivity index (χ1n) is 8.92. The average molecular weight is 375 g/mol. The van der Waals surface area contributed by atoms with Crippen LogP contribution in [-0.4, -0.2) is 56.6 Å². The Labute approximate surface area is 156 Å². The molecule has 1 fully saturated rings. The van der Waals surface area contributed by atoms with Gasteiger partial charge in [0.05, 0.1) is 4.92 Å². The van der Waals surface area contributed by atoms with Crippen LogP contribution >= 0.6 is 0 Å². The molecule has 0 saturated carbocycles. The maximum Gasteiger partial charge on any atom is 0.307 e. The lowest BCUT2D eigenvalue weighted by molar-refractivity contribution is -0.385. The monoisotopic (exact) mass is 375 g/mol. The van der Waals surface area contributed by atoms with Gasteiger partial charge in [0, 0.05) is 32.7 Å². The molecule has 1 unspecified atom stereocenters. The number of halogens is 1. The first-order valence-corrected chi connectivity index (χ1v) is 8.92. The third-order valence-corrected chi connectivity index (χ3v) is 4.77. The highest BCUT2D eigenvalue weighted by molar-refractivity contribution is 5.80. The fourth-order valence-corrected chi connectivity index (χ4v) is 3.30. The molecule has 1 atom stereocenters. The number of carbonyl (C=O) groups excluding carboxylic acids is 1. The van der Waals surface area contributed by atoms with Gasteiger partial charge in [-0.15, -0.1) is 0 Å². The molecule has 8 nitrogen and oxygen atoms in total. The zero-order valence-corrected chi connectivity index (χ0v) is 15.1. The fourth-order valence-electron chi connectivity index (χ4n) is 3.30. The SMILES string of the molecule is CCC(C(=O)N1CCN(Cc2cccc(F)c2)CC1)n1cc([N+](=O)[O-])cn1. The summed E-state index contributed by atoms with van der Waals surface area (Å²) >= 11 is 0. The molecule has 2 heterocycles. The summed E-state index contributed by atoms with van der Waals surface area (Å²) < 4.78 is 14.7. The van der Waals surface area contributed by atoms with E-state index in [4.69, 9.17) is 0 Å². The standard InChI is InChI=1S/C18H22FN5O3/c1-2-17(23-13-16(11-20-23)24(26)27)18(25)22-8-6-21(7-9-22)12-14-4-3-5-15(19)10-14/h3-5,10-11,13,17H,2,6-9,12H2,1H3. The summed E-state index contributed by atoms with van der Waals surface area (Å²) in [5, 5.41) is 14.8. The number of nitro groups is 1. The highest BCUT2D eigenvalue weighted by atomic mass is 19.1. The summed E-state index contributed by atoms with van der Waals surface area (Å²) in [7, 11) is 0. The van der Waals surface area contributed by atoms with Gasteiger partial charge in [-0.1, -0.05) is 19.1 Å². The molecule has 0 radical (unpaired) electrons. The fraction of sp³-hybridized carbons (Fsp3) is 0.444. The Morgan fingerprint density at radius 3 is 2.67 bits per heavy atom. The third-order valence-electron chi connectivity index (χ3n) is 4.77. The second kappa shape index (κ2) is 8.26. The van der Waals surface area contributed by atoms with E-state index in [0.29, 0.717) is 39.1 Å². The van der Waals surface area contributed by atoms with Crippen molar-refractivity contribution >= 4 is 11.6 Å². The van der Waals surface area contributed by atoms with Crippen LogP contribution in [0.1, 0.15) is 24.9 Å². The van der Waals surface area contributed by atoms with Crippen molar-refractivity contribution in [2.24, 2.45) is 0 Å². The van der Waals surface area contributed by atoms with Gasteiger partial charge in [-0.05, 0) is 24.1 Å². The molecule has 1 aromatic heterocycles. The molecule has 2 aromatic rings. The summed E-state index contributed by atoms with van der Waals surface area (Å²) in [6.07, 6.45) is 2.96. The molecule has 144 valence electrons. The Bertz CT molecular complexity index is 817. The van der Waals surface area contributed by atoms with Gasteiger partial charge in [-0.3, -0.25) is 24.5 Å². The summed E-state index contributed by atoms with van der Waals surface area (Å²) in [6.45, 7) is 5.01. The van der Waals surface area contributed by atoms with Gasteiger partial charge in [-0.25, -0.2) is 4.39 Å². The number of hydrogen-bond acceptors (Lipinski definition) is 5. The Balaban J connectivity index is 1.58. The van der Waals surface area contributed by atoms with Crippen LogP contribution in [0.25, 0.3) is 0 Å². The van der Waals surface area contributed by atoms with Gasteiger partial charge in [0.25, 0.3) is 0 Å². The van der Waals surface area contributed by atoms with Crippen molar-refractivity contribution in [3.05, 3.63) is 58.2 Å². The molecule has 1 aromatic carbocycles. The van der Waals surface area contributed by atoms with Gasteiger partial charge in [0.1, 0.15) is 24.3 Å². The van der Waals surface area contributed by atoms with Crippen LogP contribution in [0, 0.1) is 15.9 Å². The Morgan fingerprint density at radius 1 is 1.33 bits per heavy atom. The minimum atomic E-state index is -0.548. The number of rotatable bonds is 6. The molecular weight excluding hydrogens is 353 g/mol. The van der Waals surface area contributed by atoms with E-state index in [9.17, 15) is 19.3 Å². The average Bonchev–Trinajstić information content (AvgIpc) is 3.13. The van der Waals surface area contributed by atoms with Crippen LogP contribution in [0.5, 0.6) is 0 Å². The maximum atomic E-state index is 13.3. The lowest BCUT2D eigenvalue weighted by Crippen LogP contribution is -2.50. The Morgan fingerprint density at radius 2 is 2.07 bits per heavy atom. The van der Waals surface area contributed by atoms with Crippen LogP contribution in [0.2, 0.25) is 0 Å². The molecule has 3 rings (SSSR count). The normalized spacial score (nSPS) is 16.3. The lowest BCUT2D eigenvalue weighted by Gasteiger charge is -2.36. The summed E-state index contributed by atoms with van der Waals surface area (Å²) in [6, 6.07) is 5.98. The second-order valence-electron chi connectivity index (χ2n) is 6.59. The highest BCUT2D eigenvalue weighted by Crippen LogP contribution is 2.19. The smallest absolute Gasteiger partial charge is 0.307 e. The van der Waals surface area contributed by atoms with Crippen molar-refractivity contribution in [1.82, 2.24) is 19.6 Å². The summed E-state index contributed by atoms with van der Waals surface area (Å²) in [5.41, 5.74) is 0.784. The van der Waals surface area contributed by atoms with E-state index in [0.717, 1.165) is 11.8 Å². The van der Waals surface area contributed by atoms with E-state index in [2.05, 4.69) is 10.00 Å².